The summed E-state index contributed by atoms with van der Waals surface area (Å²) in [5, 5.41) is 23.4. The number of hydrogen-bond acceptors (Lipinski definition) is 5. The number of ether oxygens (including phenoxy) is 1. The maximum Gasteiger partial charge on any atom is 0.305 e. The predicted octanol–water partition coefficient (Wildman–Crippen LogP) is 25.1. The molecule has 0 saturated carbocycles. The zero-order valence-electron chi connectivity index (χ0n) is 56.7. The number of carbonyl (C=O) groups is 2. The fourth-order valence-electron chi connectivity index (χ4n) is 12.5. The maximum atomic E-state index is 12.5. The summed E-state index contributed by atoms with van der Waals surface area (Å²) in [6.45, 7) is 5.01. The molecular weight excluding hydrogens is 1020 g/mol. The third-order valence-corrected chi connectivity index (χ3v) is 18.3. The van der Waals surface area contributed by atoms with Gasteiger partial charge in [-0.2, -0.15) is 0 Å². The number of unbranched alkanes of at least 4 members (excludes halogenated alkanes) is 60. The van der Waals surface area contributed by atoms with Gasteiger partial charge in [0.1, 0.15) is 0 Å². The van der Waals surface area contributed by atoms with Gasteiger partial charge in [-0.05, 0) is 51.4 Å². The molecule has 0 bridgehead atoms. The zero-order valence-corrected chi connectivity index (χ0v) is 56.7. The summed E-state index contributed by atoms with van der Waals surface area (Å²) in [6.07, 6.45) is 91.4. The van der Waals surface area contributed by atoms with Gasteiger partial charge in [0.15, 0.2) is 0 Å². The van der Waals surface area contributed by atoms with Crippen LogP contribution in [0.15, 0.2) is 12.2 Å². The Balaban J connectivity index is 3.35. The minimum atomic E-state index is -0.664. The van der Waals surface area contributed by atoms with Crippen molar-refractivity contribution in [2.75, 3.05) is 13.2 Å². The first-order valence-electron chi connectivity index (χ1n) is 38.4. The first-order chi connectivity index (χ1) is 41.0. The van der Waals surface area contributed by atoms with E-state index in [4.69, 9.17) is 4.74 Å². The summed E-state index contributed by atoms with van der Waals surface area (Å²) in [5.74, 6) is -0.00696. The number of amides is 1. The Bertz CT molecular complexity index is 1260. The monoisotopic (exact) mass is 1170 g/mol. The van der Waals surface area contributed by atoms with Gasteiger partial charge < -0.3 is 20.3 Å². The van der Waals surface area contributed by atoms with Crippen molar-refractivity contribution in [3.05, 3.63) is 12.2 Å². The number of nitrogens with one attached hydrogen (secondary N) is 1. The van der Waals surface area contributed by atoms with Crippen LogP contribution in [-0.4, -0.2) is 47.4 Å². The highest BCUT2D eigenvalue weighted by atomic mass is 16.5. The molecule has 6 heteroatoms. The average Bonchev–Trinajstić information content (AvgIpc) is 3.49. The molecule has 2 atom stereocenters. The smallest absolute Gasteiger partial charge is 0.305 e. The van der Waals surface area contributed by atoms with Crippen LogP contribution in [0.25, 0.3) is 0 Å². The summed E-state index contributed by atoms with van der Waals surface area (Å²) in [7, 11) is 0. The zero-order chi connectivity index (χ0) is 59.9. The number of aliphatic hydroxyl groups is 2. The lowest BCUT2D eigenvalue weighted by Gasteiger charge is -2.22. The summed E-state index contributed by atoms with van der Waals surface area (Å²) >= 11 is 0. The average molecular weight is 1170 g/mol. The number of hydrogen-bond donors (Lipinski definition) is 3. The van der Waals surface area contributed by atoms with Crippen LogP contribution in [0.3, 0.4) is 0 Å². The highest BCUT2D eigenvalue weighted by Gasteiger charge is 2.20. The topological polar surface area (TPSA) is 95.9 Å². The molecule has 0 aromatic carbocycles. The summed E-state index contributed by atoms with van der Waals surface area (Å²) in [4.78, 5) is 24.7. The van der Waals surface area contributed by atoms with E-state index >= 15 is 0 Å². The van der Waals surface area contributed by atoms with Crippen molar-refractivity contribution in [3.8, 4) is 0 Å². The second kappa shape index (κ2) is 73.1. The number of allylic oxidation sites excluding steroid dienone is 2. The minimum Gasteiger partial charge on any atom is -0.466 e. The highest BCUT2D eigenvalue weighted by Crippen LogP contribution is 2.20. The van der Waals surface area contributed by atoms with Crippen LogP contribution in [-0.2, 0) is 14.3 Å². The molecular formula is C77H151NO5. The van der Waals surface area contributed by atoms with Crippen molar-refractivity contribution in [2.45, 2.75) is 456 Å². The Morgan fingerprint density at radius 2 is 0.566 bits per heavy atom. The lowest BCUT2D eigenvalue weighted by molar-refractivity contribution is -0.143. The molecule has 0 fully saturated rings. The summed E-state index contributed by atoms with van der Waals surface area (Å²) in [6, 6.07) is -0.541. The Kier molecular flexibility index (Phi) is 71.8. The third-order valence-electron chi connectivity index (χ3n) is 18.3. The first-order valence-corrected chi connectivity index (χ1v) is 38.4. The van der Waals surface area contributed by atoms with Crippen LogP contribution in [0.1, 0.15) is 444 Å². The Morgan fingerprint density at radius 3 is 0.855 bits per heavy atom. The van der Waals surface area contributed by atoms with E-state index in [1.807, 2.05) is 0 Å². The molecule has 3 N–H and O–H groups in total. The molecule has 0 aromatic heterocycles. The molecule has 0 aliphatic rings. The second-order valence-electron chi connectivity index (χ2n) is 26.7. The fraction of sp³-hybridized carbons (Fsp3) is 0.948. The Morgan fingerprint density at radius 1 is 0.325 bits per heavy atom. The molecule has 0 spiro atoms. The lowest BCUT2D eigenvalue weighted by Crippen LogP contribution is -2.45. The van der Waals surface area contributed by atoms with Gasteiger partial charge >= 0.3 is 5.97 Å². The van der Waals surface area contributed by atoms with Crippen LogP contribution < -0.4 is 5.32 Å². The molecule has 494 valence electrons. The third kappa shape index (κ3) is 69.6. The molecule has 0 rings (SSSR count). The first kappa shape index (κ1) is 81.6. The maximum absolute atomic E-state index is 12.5. The molecule has 0 aliphatic carbocycles. The van der Waals surface area contributed by atoms with Crippen molar-refractivity contribution in [1.29, 1.82) is 0 Å². The fourth-order valence-corrected chi connectivity index (χ4v) is 12.5. The van der Waals surface area contributed by atoms with E-state index < -0.39 is 12.1 Å². The van der Waals surface area contributed by atoms with Crippen LogP contribution in [0.2, 0.25) is 0 Å². The number of esters is 1. The van der Waals surface area contributed by atoms with Crippen molar-refractivity contribution in [2.24, 2.45) is 0 Å². The molecule has 0 aliphatic heterocycles. The minimum absolute atomic E-state index is 0.0222. The van der Waals surface area contributed by atoms with Crippen LogP contribution in [0, 0.1) is 0 Å². The van der Waals surface area contributed by atoms with Gasteiger partial charge in [0.2, 0.25) is 5.91 Å². The highest BCUT2D eigenvalue weighted by molar-refractivity contribution is 5.76. The van der Waals surface area contributed by atoms with E-state index in [2.05, 4.69) is 31.3 Å². The van der Waals surface area contributed by atoms with Gasteiger partial charge in [-0.15, -0.1) is 0 Å². The van der Waals surface area contributed by atoms with E-state index in [-0.39, 0.29) is 18.5 Å². The predicted molar refractivity (Wildman–Crippen MR) is 366 cm³/mol. The lowest BCUT2D eigenvalue weighted by atomic mass is 10.0. The number of carbonyl (C=O) groups excluding carboxylic acids is 2. The quantitative estimate of drug-likeness (QED) is 0.0320. The molecule has 0 heterocycles. The second-order valence-corrected chi connectivity index (χ2v) is 26.7. The van der Waals surface area contributed by atoms with Gasteiger partial charge in [-0.1, -0.05) is 392 Å². The Labute approximate surface area is 520 Å². The van der Waals surface area contributed by atoms with Gasteiger partial charge in [-0.25, -0.2) is 0 Å². The van der Waals surface area contributed by atoms with Crippen molar-refractivity contribution < 1.29 is 24.5 Å². The number of rotatable bonds is 73. The molecule has 83 heavy (non-hydrogen) atoms. The SMILES string of the molecule is CCCCCCCCCCCCCCCCCCCCCC(O)C(CO)NC(=O)CCCCCCCCCCCCCCC/C=C\CCCCCCCCCCCCCCOC(=O)CCCCCCCCCCCCCCCCCCCC. The van der Waals surface area contributed by atoms with Crippen molar-refractivity contribution in [1.82, 2.24) is 5.32 Å². The van der Waals surface area contributed by atoms with E-state index in [0.717, 1.165) is 38.5 Å². The van der Waals surface area contributed by atoms with E-state index in [9.17, 15) is 19.8 Å². The largest absolute Gasteiger partial charge is 0.466 e. The van der Waals surface area contributed by atoms with E-state index in [1.165, 1.54) is 372 Å². The summed E-state index contributed by atoms with van der Waals surface area (Å²) in [5.41, 5.74) is 0. The van der Waals surface area contributed by atoms with Gasteiger partial charge in [-0.3, -0.25) is 9.59 Å². The molecule has 6 nitrogen and oxygen atoms in total. The molecule has 0 aromatic rings. The molecule has 0 radical (unpaired) electrons. The van der Waals surface area contributed by atoms with Crippen LogP contribution in [0.4, 0.5) is 0 Å². The molecule has 2 unspecified atom stereocenters. The van der Waals surface area contributed by atoms with E-state index in [0.29, 0.717) is 25.9 Å². The standard InChI is InChI=1S/C77H151NO5/c1-3-5-7-9-11-13-15-17-19-21-34-37-41-45-49-53-57-61-65-69-75(80)74(73-79)78-76(81)70-66-62-58-54-50-46-42-38-35-32-30-28-26-24-23-25-27-29-31-33-36-40-44-48-52-56-60-64-68-72-83-77(82)71-67-63-59-55-51-47-43-39-22-20-18-16-14-12-10-8-6-4-2/h23,25,74-75,79-80H,3-22,24,26-73H2,1-2H3,(H,78,81)/b25-23-. The van der Waals surface area contributed by atoms with Gasteiger partial charge in [0, 0.05) is 12.8 Å². The summed E-state index contributed by atoms with van der Waals surface area (Å²) < 4.78 is 5.51. The molecule has 1 amide bonds. The van der Waals surface area contributed by atoms with Crippen molar-refractivity contribution >= 4 is 11.9 Å². The number of aliphatic hydroxyl groups excluding tert-OH is 2. The van der Waals surface area contributed by atoms with Gasteiger partial charge in [0.05, 0.1) is 25.4 Å². The Hall–Kier alpha value is -1.40. The normalized spacial score (nSPS) is 12.5. The van der Waals surface area contributed by atoms with E-state index in [1.54, 1.807) is 0 Å². The van der Waals surface area contributed by atoms with Gasteiger partial charge in [0.25, 0.3) is 0 Å². The van der Waals surface area contributed by atoms with Crippen LogP contribution >= 0.6 is 0 Å². The van der Waals surface area contributed by atoms with Crippen LogP contribution in [0.5, 0.6) is 0 Å². The van der Waals surface area contributed by atoms with Crippen molar-refractivity contribution in [3.63, 3.8) is 0 Å². The molecule has 0 saturated heterocycles.